The van der Waals surface area contributed by atoms with Crippen molar-refractivity contribution in [1.82, 2.24) is 0 Å². The molecule has 0 aromatic heterocycles. The van der Waals surface area contributed by atoms with Gasteiger partial charge in [0.1, 0.15) is 0 Å². The van der Waals surface area contributed by atoms with Crippen molar-refractivity contribution in [3.63, 3.8) is 0 Å². The summed E-state index contributed by atoms with van der Waals surface area (Å²) in [5.74, 6) is 0. The maximum atomic E-state index is 5.18. The quantitative estimate of drug-likeness (QED) is 0.426. The van der Waals surface area contributed by atoms with Crippen molar-refractivity contribution >= 4 is 5.71 Å². The van der Waals surface area contributed by atoms with E-state index in [9.17, 15) is 0 Å². The third-order valence-corrected chi connectivity index (χ3v) is 1.71. The van der Waals surface area contributed by atoms with E-state index in [1.54, 1.807) is 0 Å². The summed E-state index contributed by atoms with van der Waals surface area (Å²) in [6.07, 6.45) is 3.64. The van der Waals surface area contributed by atoms with Gasteiger partial charge in [0.05, 0.1) is 13.2 Å². The van der Waals surface area contributed by atoms with Crippen LogP contribution in [0.3, 0.4) is 0 Å². The van der Waals surface area contributed by atoms with Gasteiger partial charge in [-0.25, -0.2) is 0 Å². The van der Waals surface area contributed by atoms with Crippen LogP contribution in [0.1, 0.15) is 40.0 Å². The molecule has 0 bridgehead atoms. The zero-order chi connectivity index (χ0) is 9.23. The minimum atomic E-state index is 0.764. The second-order valence-corrected chi connectivity index (χ2v) is 2.92. The Morgan fingerprint density at radius 2 is 2.08 bits per heavy atom. The lowest BCUT2D eigenvalue weighted by atomic mass is 10.2. The van der Waals surface area contributed by atoms with Crippen LogP contribution in [0.15, 0.2) is 4.99 Å². The van der Waals surface area contributed by atoms with E-state index in [0.29, 0.717) is 0 Å². The molecule has 0 fully saturated rings. The van der Waals surface area contributed by atoms with E-state index < -0.39 is 0 Å². The molecule has 0 rings (SSSR count). The molecule has 2 nitrogen and oxygen atoms in total. The molecule has 0 saturated heterocycles. The standard InChI is InChI=1S/C10H21NO/c1-4-6-7-10(3)11-8-9-12-5-2/h4-9H2,1-3H3. The van der Waals surface area contributed by atoms with Crippen LogP contribution in [0, 0.1) is 0 Å². The molecule has 0 N–H and O–H groups in total. The first-order chi connectivity index (χ1) is 5.81. The van der Waals surface area contributed by atoms with Crippen LogP contribution in [0.2, 0.25) is 0 Å². The van der Waals surface area contributed by atoms with Gasteiger partial charge in [0.2, 0.25) is 0 Å². The second-order valence-electron chi connectivity index (χ2n) is 2.92. The van der Waals surface area contributed by atoms with Gasteiger partial charge >= 0.3 is 0 Å². The number of aliphatic imine (C=N–C) groups is 1. The predicted molar refractivity (Wildman–Crippen MR) is 54.0 cm³/mol. The van der Waals surface area contributed by atoms with Gasteiger partial charge in [-0.05, 0) is 26.7 Å². The number of nitrogens with zero attached hydrogens (tertiary/aromatic N) is 1. The van der Waals surface area contributed by atoms with Crippen LogP contribution in [-0.2, 0) is 4.74 Å². The molecular formula is C10H21NO. The largest absolute Gasteiger partial charge is 0.380 e. The summed E-state index contributed by atoms with van der Waals surface area (Å²) >= 11 is 0. The van der Waals surface area contributed by atoms with E-state index in [1.165, 1.54) is 18.6 Å². The number of unbranched alkanes of at least 4 members (excludes halogenated alkanes) is 1. The van der Waals surface area contributed by atoms with E-state index in [2.05, 4.69) is 18.8 Å². The first-order valence-corrected chi connectivity index (χ1v) is 4.88. The maximum absolute atomic E-state index is 5.18. The Morgan fingerprint density at radius 3 is 2.67 bits per heavy atom. The van der Waals surface area contributed by atoms with E-state index in [-0.39, 0.29) is 0 Å². The maximum Gasteiger partial charge on any atom is 0.0661 e. The average Bonchev–Trinajstić information content (AvgIpc) is 2.09. The number of hydrogen-bond acceptors (Lipinski definition) is 2. The molecule has 0 unspecified atom stereocenters. The zero-order valence-electron chi connectivity index (χ0n) is 8.60. The third kappa shape index (κ3) is 7.73. The molecule has 2 heteroatoms. The lowest BCUT2D eigenvalue weighted by Gasteiger charge is -1.99. The van der Waals surface area contributed by atoms with Gasteiger partial charge in [-0.3, -0.25) is 4.99 Å². The fourth-order valence-electron chi connectivity index (χ4n) is 0.957. The van der Waals surface area contributed by atoms with Crippen molar-refractivity contribution in [2.24, 2.45) is 4.99 Å². The monoisotopic (exact) mass is 171 g/mol. The topological polar surface area (TPSA) is 21.6 Å². The molecule has 0 aliphatic carbocycles. The molecule has 0 aliphatic heterocycles. The molecule has 0 radical (unpaired) electrons. The van der Waals surface area contributed by atoms with E-state index in [1.807, 2.05) is 6.92 Å². The smallest absolute Gasteiger partial charge is 0.0661 e. The zero-order valence-corrected chi connectivity index (χ0v) is 8.60. The number of ether oxygens (including phenoxy) is 1. The van der Waals surface area contributed by atoms with Crippen molar-refractivity contribution in [2.75, 3.05) is 19.8 Å². The van der Waals surface area contributed by atoms with Crippen molar-refractivity contribution in [1.29, 1.82) is 0 Å². The van der Waals surface area contributed by atoms with Crippen molar-refractivity contribution in [2.45, 2.75) is 40.0 Å². The Hall–Kier alpha value is -0.370. The molecule has 0 amide bonds. The second kappa shape index (κ2) is 8.72. The summed E-state index contributed by atoms with van der Waals surface area (Å²) in [6, 6.07) is 0. The normalized spacial score (nSPS) is 12.1. The van der Waals surface area contributed by atoms with Gasteiger partial charge < -0.3 is 4.74 Å². The summed E-state index contributed by atoms with van der Waals surface area (Å²) in [5.41, 5.74) is 1.26. The first kappa shape index (κ1) is 11.6. The Kier molecular flexibility index (Phi) is 8.46. The summed E-state index contributed by atoms with van der Waals surface area (Å²) in [4.78, 5) is 4.39. The summed E-state index contributed by atoms with van der Waals surface area (Å²) in [5, 5.41) is 0. The Morgan fingerprint density at radius 1 is 1.33 bits per heavy atom. The highest BCUT2D eigenvalue weighted by atomic mass is 16.5. The molecule has 0 aromatic carbocycles. The van der Waals surface area contributed by atoms with Crippen LogP contribution >= 0.6 is 0 Å². The summed E-state index contributed by atoms with van der Waals surface area (Å²) in [6.45, 7) is 8.69. The first-order valence-electron chi connectivity index (χ1n) is 4.88. The van der Waals surface area contributed by atoms with Crippen LogP contribution in [0.5, 0.6) is 0 Å². The van der Waals surface area contributed by atoms with Crippen LogP contribution in [0.4, 0.5) is 0 Å². The molecule has 72 valence electrons. The lowest BCUT2D eigenvalue weighted by Crippen LogP contribution is -2.00. The Balaban J connectivity index is 3.28. The van der Waals surface area contributed by atoms with E-state index >= 15 is 0 Å². The van der Waals surface area contributed by atoms with Gasteiger partial charge in [0.25, 0.3) is 0 Å². The van der Waals surface area contributed by atoms with Crippen LogP contribution < -0.4 is 0 Å². The summed E-state index contributed by atoms with van der Waals surface area (Å²) in [7, 11) is 0. The van der Waals surface area contributed by atoms with E-state index in [4.69, 9.17) is 4.74 Å². The molecule has 12 heavy (non-hydrogen) atoms. The minimum Gasteiger partial charge on any atom is -0.380 e. The van der Waals surface area contributed by atoms with Gasteiger partial charge in [0, 0.05) is 12.3 Å². The fourth-order valence-corrected chi connectivity index (χ4v) is 0.957. The lowest BCUT2D eigenvalue weighted by molar-refractivity contribution is 0.156. The van der Waals surface area contributed by atoms with Gasteiger partial charge in [0.15, 0.2) is 0 Å². The summed E-state index contributed by atoms with van der Waals surface area (Å²) < 4.78 is 5.18. The molecule has 0 saturated carbocycles. The average molecular weight is 171 g/mol. The van der Waals surface area contributed by atoms with Crippen molar-refractivity contribution in [3.05, 3.63) is 0 Å². The predicted octanol–water partition coefficient (Wildman–Crippen LogP) is 2.67. The highest BCUT2D eigenvalue weighted by Gasteiger charge is 1.89. The fraction of sp³-hybridized carbons (Fsp3) is 0.900. The SMILES string of the molecule is CCCCC(C)=NCCOCC. The molecule has 0 spiro atoms. The van der Waals surface area contributed by atoms with Crippen LogP contribution in [-0.4, -0.2) is 25.5 Å². The highest BCUT2D eigenvalue weighted by molar-refractivity contribution is 5.81. The van der Waals surface area contributed by atoms with Crippen LogP contribution in [0.25, 0.3) is 0 Å². The Labute approximate surface area is 76.0 Å². The van der Waals surface area contributed by atoms with Crippen molar-refractivity contribution in [3.8, 4) is 0 Å². The molecular weight excluding hydrogens is 150 g/mol. The van der Waals surface area contributed by atoms with Gasteiger partial charge in [-0.2, -0.15) is 0 Å². The third-order valence-electron chi connectivity index (χ3n) is 1.71. The Bertz CT molecular complexity index is 121. The van der Waals surface area contributed by atoms with Gasteiger partial charge in [-0.15, -0.1) is 0 Å². The molecule has 0 atom stereocenters. The molecule has 0 aliphatic rings. The number of rotatable bonds is 7. The van der Waals surface area contributed by atoms with E-state index in [0.717, 1.165) is 26.2 Å². The number of hydrogen-bond donors (Lipinski definition) is 0. The highest BCUT2D eigenvalue weighted by Crippen LogP contribution is 1.96. The molecule has 0 aromatic rings. The van der Waals surface area contributed by atoms with Crippen molar-refractivity contribution < 1.29 is 4.74 Å². The molecule has 0 heterocycles. The minimum absolute atomic E-state index is 0.764. The van der Waals surface area contributed by atoms with Gasteiger partial charge in [-0.1, -0.05) is 13.3 Å².